The maximum absolute atomic E-state index is 12.6. The number of aromatic nitrogens is 2. The van der Waals surface area contributed by atoms with Gasteiger partial charge in [-0.05, 0) is 45.1 Å². The fourth-order valence-electron chi connectivity index (χ4n) is 2.85. The molecule has 1 aromatic heterocycles. The molecule has 0 amide bonds. The van der Waals surface area contributed by atoms with Crippen molar-refractivity contribution in [3.63, 3.8) is 0 Å². The predicted octanol–water partition coefficient (Wildman–Crippen LogP) is 4.21. The Morgan fingerprint density at radius 3 is 2.15 bits per heavy atom. The van der Waals surface area contributed by atoms with Crippen molar-refractivity contribution in [3.8, 4) is 0 Å². The van der Waals surface area contributed by atoms with Gasteiger partial charge in [-0.2, -0.15) is 5.10 Å². The van der Waals surface area contributed by atoms with E-state index in [4.69, 9.17) is 0 Å². The Morgan fingerprint density at radius 1 is 1.19 bits per heavy atom. The van der Waals surface area contributed by atoms with Crippen LogP contribution in [0, 0.1) is 12.7 Å². The van der Waals surface area contributed by atoms with Gasteiger partial charge >= 0.3 is 0 Å². The lowest BCUT2D eigenvalue weighted by Crippen LogP contribution is -2.24. The Bertz CT molecular complexity index is 807. The van der Waals surface area contributed by atoms with Crippen molar-refractivity contribution in [2.75, 3.05) is 14.1 Å². The summed E-state index contributed by atoms with van der Waals surface area (Å²) in [5.41, 5.74) is 3.14. The van der Waals surface area contributed by atoms with Crippen LogP contribution in [0.4, 0.5) is 4.39 Å². The van der Waals surface area contributed by atoms with Gasteiger partial charge in [-0.15, -0.1) is 0 Å². The van der Waals surface area contributed by atoms with Gasteiger partial charge < -0.3 is 4.90 Å². The molecule has 140 valence electrons. The lowest BCUT2D eigenvalue weighted by atomic mass is 10.0. The molecular formula is C21H28FN3O. The van der Waals surface area contributed by atoms with E-state index in [9.17, 15) is 9.18 Å². The van der Waals surface area contributed by atoms with Gasteiger partial charge in [0.1, 0.15) is 5.82 Å². The molecule has 0 fully saturated rings. The second-order valence-electron chi connectivity index (χ2n) is 6.19. The monoisotopic (exact) mass is 357 g/mol. The zero-order valence-electron chi connectivity index (χ0n) is 16.3. The molecule has 1 unspecified atom stereocenters. The van der Waals surface area contributed by atoms with Crippen molar-refractivity contribution < 1.29 is 4.39 Å². The molecule has 2 aromatic rings. The topological polar surface area (TPSA) is 38.1 Å². The van der Waals surface area contributed by atoms with E-state index in [-0.39, 0.29) is 11.4 Å². The molecule has 0 saturated heterocycles. The van der Waals surface area contributed by atoms with Crippen LogP contribution in [-0.2, 0) is 7.05 Å². The first kappa shape index (κ1) is 21.5. The maximum Gasteiger partial charge on any atom is 0.274 e. The minimum absolute atomic E-state index is 0.143. The Balaban J connectivity index is 0.000000260. The van der Waals surface area contributed by atoms with Crippen molar-refractivity contribution in [2.45, 2.75) is 26.3 Å². The van der Waals surface area contributed by atoms with Crippen LogP contribution in [-0.4, -0.2) is 28.8 Å². The summed E-state index contributed by atoms with van der Waals surface area (Å²) in [6.07, 6.45) is 4.20. The van der Waals surface area contributed by atoms with Crippen molar-refractivity contribution in [2.24, 2.45) is 7.05 Å². The maximum atomic E-state index is 12.6. The molecule has 0 spiro atoms. The van der Waals surface area contributed by atoms with Crippen LogP contribution in [0.15, 0.2) is 42.2 Å². The third kappa shape index (κ3) is 5.23. The summed E-state index contributed by atoms with van der Waals surface area (Å²) in [6, 6.07) is 7.12. The predicted molar refractivity (Wildman–Crippen MR) is 108 cm³/mol. The molecule has 0 saturated carbocycles. The van der Waals surface area contributed by atoms with Crippen LogP contribution < -0.4 is 5.56 Å². The summed E-state index contributed by atoms with van der Waals surface area (Å²) in [7, 11) is 5.70. The van der Waals surface area contributed by atoms with E-state index in [1.165, 1.54) is 28.5 Å². The number of halogens is 1. The molecule has 5 heteroatoms. The number of hydrogen-bond donors (Lipinski definition) is 0. The van der Waals surface area contributed by atoms with Gasteiger partial charge in [0.2, 0.25) is 0 Å². The van der Waals surface area contributed by atoms with Crippen LogP contribution in [0.2, 0.25) is 0 Å². The molecule has 0 N–H and O–H groups in total. The summed E-state index contributed by atoms with van der Waals surface area (Å²) in [5, 5.41) is 4.04. The molecular weight excluding hydrogens is 329 g/mol. The lowest BCUT2D eigenvalue weighted by Gasteiger charge is -2.23. The smallest absolute Gasteiger partial charge is 0.274 e. The Hall–Kier alpha value is -2.53. The minimum atomic E-state index is -0.169. The van der Waals surface area contributed by atoms with E-state index in [0.29, 0.717) is 11.6 Å². The number of rotatable bonds is 5. The average molecular weight is 357 g/mol. The van der Waals surface area contributed by atoms with E-state index < -0.39 is 0 Å². The second-order valence-corrected chi connectivity index (χ2v) is 6.19. The van der Waals surface area contributed by atoms with Crippen LogP contribution >= 0.6 is 0 Å². The van der Waals surface area contributed by atoms with Crippen molar-refractivity contribution >= 4 is 12.2 Å². The standard InChI is InChI=1S/C11H16FN.C10H12N2O/c1-4-11(13(2)3)9-5-7-10(12)8-6-9;1-5-8-7(3)11-12(4)10(13)9(8)6-2/h5-8,11H,4H2,1-3H3;5-6H,1-2H2,3-4H3. The highest BCUT2D eigenvalue weighted by atomic mass is 19.1. The summed E-state index contributed by atoms with van der Waals surface area (Å²) < 4.78 is 13.9. The zero-order valence-corrected chi connectivity index (χ0v) is 16.3. The summed E-state index contributed by atoms with van der Waals surface area (Å²) in [5.74, 6) is -0.169. The molecule has 1 aromatic carbocycles. The van der Waals surface area contributed by atoms with Gasteiger partial charge in [-0.3, -0.25) is 4.79 Å². The molecule has 0 radical (unpaired) electrons. The second kappa shape index (κ2) is 9.82. The highest BCUT2D eigenvalue weighted by Gasteiger charge is 2.10. The SMILES string of the molecule is C=Cc1c(C)nn(C)c(=O)c1C=C.CCC(c1ccc(F)cc1)N(C)C. The first-order chi connectivity index (χ1) is 12.3. The highest BCUT2D eigenvalue weighted by Crippen LogP contribution is 2.21. The fourth-order valence-corrected chi connectivity index (χ4v) is 2.85. The third-order valence-electron chi connectivity index (χ3n) is 4.18. The van der Waals surface area contributed by atoms with Crippen LogP contribution in [0.5, 0.6) is 0 Å². The molecule has 0 bridgehead atoms. The minimum Gasteiger partial charge on any atom is -0.302 e. The van der Waals surface area contributed by atoms with E-state index in [1.807, 2.05) is 33.2 Å². The molecule has 0 aliphatic carbocycles. The van der Waals surface area contributed by atoms with Crippen LogP contribution in [0.1, 0.15) is 41.8 Å². The summed E-state index contributed by atoms with van der Waals surface area (Å²) in [4.78, 5) is 13.7. The largest absolute Gasteiger partial charge is 0.302 e. The molecule has 1 atom stereocenters. The normalized spacial score (nSPS) is 11.5. The van der Waals surface area contributed by atoms with E-state index in [0.717, 1.165) is 17.7 Å². The Labute approximate surface area is 155 Å². The molecule has 26 heavy (non-hydrogen) atoms. The van der Waals surface area contributed by atoms with Gasteiger partial charge in [0, 0.05) is 24.2 Å². The number of aryl methyl sites for hydroxylation is 2. The molecule has 4 nitrogen and oxygen atoms in total. The zero-order chi connectivity index (χ0) is 19.9. The van der Waals surface area contributed by atoms with Gasteiger partial charge in [-0.1, -0.05) is 44.4 Å². The number of benzene rings is 1. The van der Waals surface area contributed by atoms with Crippen molar-refractivity contribution in [1.82, 2.24) is 14.7 Å². The number of hydrogen-bond acceptors (Lipinski definition) is 3. The summed E-state index contributed by atoms with van der Waals surface area (Å²) >= 11 is 0. The van der Waals surface area contributed by atoms with Crippen molar-refractivity contribution in [3.05, 3.63) is 76.0 Å². The van der Waals surface area contributed by atoms with Gasteiger partial charge in [0.05, 0.1) is 5.69 Å². The molecule has 1 heterocycles. The first-order valence-corrected chi connectivity index (χ1v) is 8.51. The number of nitrogens with zero attached hydrogens (tertiary/aromatic N) is 3. The van der Waals surface area contributed by atoms with E-state index >= 15 is 0 Å². The first-order valence-electron chi connectivity index (χ1n) is 8.51. The van der Waals surface area contributed by atoms with Gasteiger partial charge in [-0.25, -0.2) is 9.07 Å². The molecule has 2 rings (SSSR count). The van der Waals surface area contributed by atoms with Crippen LogP contribution in [0.25, 0.3) is 12.2 Å². The Kier molecular flexibility index (Phi) is 8.13. The quantitative estimate of drug-likeness (QED) is 0.804. The summed E-state index contributed by atoms with van der Waals surface area (Å²) in [6.45, 7) is 11.2. The van der Waals surface area contributed by atoms with E-state index in [2.05, 4.69) is 30.1 Å². The molecule has 0 aliphatic rings. The van der Waals surface area contributed by atoms with Crippen molar-refractivity contribution in [1.29, 1.82) is 0 Å². The van der Waals surface area contributed by atoms with Gasteiger partial charge in [0.25, 0.3) is 5.56 Å². The molecule has 0 aliphatic heterocycles. The lowest BCUT2D eigenvalue weighted by molar-refractivity contribution is 0.292. The Morgan fingerprint density at radius 2 is 1.73 bits per heavy atom. The van der Waals surface area contributed by atoms with Crippen LogP contribution in [0.3, 0.4) is 0 Å². The van der Waals surface area contributed by atoms with E-state index in [1.54, 1.807) is 13.1 Å². The fraction of sp³-hybridized carbons (Fsp3) is 0.333. The van der Waals surface area contributed by atoms with Gasteiger partial charge in [0.15, 0.2) is 0 Å². The average Bonchev–Trinajstić information content (AvgIpc) is 2.60. The third-order valence-corrected chi connectivity index (χ3v) is 4.18. The highest BCUT2D eigenvalue weighted by molar-refractivity contribution is 5.63.